The van der Waals surface area contributed by atoms with E-state index in [1.807, 2.05) is 36.4 Å². The van der Waals surface area contributed by atoms with Crippen molar-refractivity contribution in [3.8, 4) is 11.3 Å². The summed E-state index contributed by atoms with van der Waals surface area (Å²) in [5.41, 5.74) is 3.88. The second kappa shape index (κ2) is 4.63. The Morgan fingerprint density at radius 1 is 1.42 bits per heavy atom. The maximum atomic E-state index is 4.58. The molecular weight excluding hydrogens is 256 g/mol. The molecule has 5 heteroatoms. The van der Waals surface area contributed by atoms with Gasteiger partial charge in [0, 0.05) is 24.5 Å². The quantitative estimate of drug-likeness (QED) is 0.635. The number of rotatable bonds is 4. The molecule has 0 bridgehead atoms. The van der Waals surface area contributed by atoms with Crippen LogP contribution in [0.2, 0.25) is 0 Å². The highest BCUT2D eigenvalue weighted by atomic mass is 32.2. The molecule has 1 saturated carbocycles. The van der Waals surface area contributed by atoms with E-state index < -0.39 is 0 Å². The van der Waals surface area contributed by atoms with E-state index >= 15 is 0 Å². The van der Waals surface area contributed by atoms with Crippen LogP contribution in [0.25, 0.3) is 11.3 Å². The van der Waals surface area contributed by atoms with Gasteiger partial charge in [-0.1, -0.05) is 18.7 Å². The number of hydrogen-bond acceptors (Lipinski definition) is 4. The molecule has 2 heterocycles. The molecule has 19 heavy (non-hydrogen) atoms. The highest BCUT2D eigenvalue weighted by Gasteiger charge is 2.38. The molecule has 0 radical (unpaired) electrons. The first-order chi connectivity index (χ1) is 9.11. The second-order valence-corrected chi connectivity index (χ2v) is 6.32. The van der Waals surface area contributed by atoms with E-state index in [1.165, 1.54) is 18.5 Å². The smallest absolute Gasteiger partial charge is 0.187 e. The first kappa shape index (κ1) is 12.7. The van der Waals surface area contributed by atoms with Crippen molar-refractivity contribution in [2.45, 2.75) is 31.3 Å². The third-order valence-electron chi connectivity index (χ3n) is 3.85. The Hall–Kier alpha value is -1.36. The summed E-state index contributed by atoms with van der Waals surface area (Å²) < 4.78 is 1.99. The van der Waals surface area contributed by atoms with Gasteiger partial charge in [-0.25, -0.2) is 9.97 Å². The third kappa shape index (κ3) is 2.52. The molecule has 1 aliphatic rings. The van der Waals surface area contributed by atoms with E-state index in [0.717, 1.165) is 22.8 Å². The first-order valence-electron chi connectivity index (χ1n) is 6.50. The Labute approximate surface area is 117 Å². The van der Waals surface area contributed by atoms with Crippen LogP contribution in [0.3, 0.4) is 0 Å². The molecule has 0 saturated heterocycles. The first-order valence-corrected chi connectivity index (χ1v) is 7.72. The van der Waals surface area contributed by atoms with Crippen LogP contribution in [0.1, 0.15) is 25.5 Å². The molecule has 2 aromatic rings. The summed E-state index contributed by atoms with van der Waals surface area (Å²) in [7, 11) is 2.02. The number of aromatic nitrogens is 4. The molecule has 0 spiro atoms. The van der Waals surface area contributed by atoms with Gasteiger partial charge in [-0.05, 0) is 37.0 Å². The predicted molar refractivity (Wildman–Crippen MR) is 77.1 cm³/mol. The molecule has 0 atom stereocenters. The van der Waals surface area contributed by atoms with Crippen molar-refractivity contribution >= 4 is 11.8 Å². The van der Waals surface area contributed by atoms with Crippen LogP contribution in [0.15, 0.2) is 23.6 Å². The zero-order valence-electron chi connectivity index (χ0n) is 11.6. The van der Waals surface area contributed by atoms with Crippen molar-refractivity contribution in [2.75, 3.05) is 6.26 Å². The van der Waals surface area contributed by atoms with E-state index in [0.29, 0.717) is 5.41 Å². The van der Waals surface area contributed by atoms with Crippen molar-refractivity contribution < 1.29 is 0 Å². The summed E-state index contributed by atoms with van der Waals surface area (Å²) in [4.78, 5) is 8.82. The lowest BCUT2D eigenvalue weighted by atomic mass is 9.99. The molecule has 100 valence electrons. The van der Waals surface area contributed by atoms with E-state index in [2.05, 4.69) is 22.0 Å². The Morgan fingerprint density at radius 2 is 2.21 bits per heavy atom. The normalized spacial score (nSPS) is 16.6. The highest BCUT2D eigenvalue weighted by molar-refractivity contribution is 7.98. The fourth-order valence-electron chi connectivity index (χ4n) is 2.27. The molecule has 1 aliphatic carbocycles. The van der Waals surface area contributed by atoms with Gasteiger partial charge in [0.2, 0.25) is 0 Å². The zero-order chi connectivity index (χ0) is 13.5. The molecule has 0 unspecified atom stereocenters. The summed E-state index contributed by atoms with van der Waals surface area (Å²) >= 11 is 1.57. The van der Waals surface area contributed by atoms with Crippen molar-refractivity contribution in [1.82, 2.24) is 19.7 Å². The number of thioether (sulfide) groups is 1. The van der Waals surface area contributed by atoms with Gasteiger partial charge in [0.05, 0.1) is 11.9 Å². The van der Waals surface area contributed by atoms with Crippen LogP contribution in [0.4, 0.5) is 0 Å². The van der Waals surface area contributed by atoms with Crippen LogP contribution in [-0.4, -0.2) is 26.0 Å². The topological polar surface area (TPSA) is 43.6 Å². The summed E-state index contributed by atoms with van der Waals surface area (Å²) in [5.74, 6) is 0. The van der Waals surface area contributed by atoms with Gasteiger partial charge >= 0.3 is 0 Å². The fraction of sp³-hybridized carbons (Fsp3) is 0.500. The van der Waals surface area contributed by atoms with E-state index in [9.17, 15) is 0 Å². The van der Waals surface area contributed by atoms with Crippen LogP contribution in [0, 0.1) is 5.41 Å². The van der Waals surface area contributed by atoms with Crippen LogP contribution >= 0.6 is 11.8 Å². The van der Waals surface area contributed by atoms with Gasteiger partial charge in [0.15, 0.2) is 5.16 Å². The van der Waals surface area contributed by atoms with Gasteiger partial charge < -0.3 is 0 Å². The molecule has 3 rings (SSSR count). The lowest BCUT2D eigenvalue weighted by molar-refractivity contribution is 0.537. The molecule has 0 N–H and O–H groups in total. The minimum atomic E-state index is 0.470. The standard InChI is InChI=1S/C14H18N4S/c1-14(5-6-14)8-12-10(9-16-18(12)2)11-4-7-15-13(17-11)19-3/h4,7,9H,5-6,8H2,1-3H3. The SMILES string of the molecule is CSc1nccc(-c2cnn(C)c2CC2(C)CC2)n1. The Bertz CT molecular complexity index is 601. The second-order valence-electron chi connectivity index (χ2n) is 5.54. The highest BCUT2D eigenvalue weighted by Crippen LogP contribution is 2.48. The molecular formula is C14H18N4S. The van der Waals surface area contributed by atoms with Crippen molar-refractivity contribution in [1.29, 1.82) is 0 Å². The van der Waals surface area contributed by atoms with E-state index in [1.54, 1.807) is 11.8 Å². The lowest BCUT2D eigenvalue weighted by Gasteiger charge is -2.11. The maximum Gasteiger partial charge on any atom is 0.187 e. The number of hydrogen-bond donors (Lipinski definition) is 0. The lowest BCUT2D eigenvalue weighted by Crippen LogP contribution is -2.07. The molecule has 0 aromatic carbocycles. The van der Waals surface area contributed by atoms with Crippen LogP contribution in [-0.2, 0) is 13.5 Å². The Balaban J connectivity index is 1.99. The molecule has 0 aliphatic heterocycles. The van der Waals surface area contributed by atoms with Gasteiger partial charge in [0.1, 0.15) is 0 Å². The monoisotopic (exact) mass is 274 g/mol. The Kier molecular flexibility index (Phi) is 3.09. The van der Waals surface area contributed by atoms with Crippen molar-refractivity contribution in [3.05, 3.63) is 24.2 Å². The van der Waals surface area contributed by atoms with Crippen molar-refractivity contribution in [2.24, 2.45) is 12.5 Å². The van der Waals surface area contributed by atoms with Gasteiger partial charge in [0.25, 0.3) is 0 Å². The van der Waals surface area contributed by atoms with Crippen LogP contribution in [0.5, 0.6) is 0 Å². The third-order valence-corrected chi connectivity index (χ3v) is 4.41. The van der Waals surface area contributed by atoms with E-state index in [-0.39, 0.29) is 0 Å². The molecule has 2 aromatic heterocycles. The van der Waals surface area contributed by atoms with Gasteiger partial charge in [-0.2, -0.15) is 5.10 Å². The minimum Gasteiger partial charge on any atom is -0.272 e. The summed E-state index contributed by atoms with van der Waals surface area (Å²) in [6, 6.07) is 1.97. The van der Waals surface area contributed by atoms with E-state index in [4.69, 9.17) is 0 Å². The van der Waals surface area contributed by atoms with Gasteiger partial charge in [-0.3, -0.25) is 4.68 Å². The summed E-state index contributed by atoms with van der Waals surface area (Å²) in [6.45, 7) is 2.34. The Morgan fingerprint density at radius 3 is 2.89 bits per heavy atom. The van der Waals surface area contributed by atoms with Crippen molar-refractivity contribution in [3.63, 3.8) is 0 Å². The minimum absolute atomic E-state index is 0.470. The van der Waals surface area contributed by atoms with Crippen LogP contribution < -0.4 is 0 Å². The summed E-state index contributed by atoms with van der Waals surface area (Å²) in [5, 5.41) is 5.22. The average Bonchev–Trinajstić information content (AvgIpc) is 3.04. The molecule has 0 amide bonds. The number of nitrogens with zero attached hydrogens (tertiary/aromatic N) is 4. The summed E-state index contributed by atoms with van der Waals surface area (Å²) in [6.07, 6.45) is 9.46. The van der Waals surface area contributed by atoms with Gasteiger partial charge in [-0.15, -0.1) is 0 Å². The number of aryl methyl sites for hydroxylation is 1. The molecule has 1 fully saturated rings. The average molecular weight is 274 g/mol. The molecule has 4 nitrogen and oxygen atoms in total. The largest absolute Gasteiger partial charge is 0.272 e. The zero-order valence-corrected chi connectivity index (χ0v) is 12.4. The predicted octanol–water partition coefficient (Wildman–Crippen LogP) is 2.94. The fourth-order valence-corrected chi connectivity index (χ4v) is 2.63. The maximum absolute atomic E-state index is 4.58.